The molecule has 0 unspecified atom stereocenters. The number of hydrogen-bond acceptors (Lipinski definition) is 2. The Kier molecular flexibility index (Phi) is 4.20. The Bertz CT molecular complexity index is 137. The highest BCUT2D eigenvalue weighted by molar-refractivity contribution is 4.81. The zero-order valence-electron chi connectivity index (χ0n) is 9.58. The van der Waals surface area contributed by atoms with Gasteiger partial charge in [-0.1, -0.05) is 6.92 Å². The fraction of sp³-hybridized carbons (Fsp3) is 1.00. The van der Waals surface area contributed by atoms with E-state index in [9.17, 15) is 0 Å². The summed E-state index contributed by atoms with van der Waals surface area (Å²) < 4.78 is 0. The average Bonchev–Trinajstić information content (AvgIpc) is 2.17. The van der Waals surface area contributed by atoms with Gasteiger partial charge >= 0.3 is 0 Å². The summed E-state index contributed by atoms with van der Waals surface area (Å²) >= 11 is 0. The third kappa shape index (κ3) is 2.96. The molecule has 0 atom stereocenters. The SMILES string of the molecule is CCN(C)[C@H]1CC[C@H](N(C)C)CC1. The zero-order chi connectivity index (χ0) is 9.84. The van der Waals surface area contributed by atoms with Gasteiger partial charge in [-0.2, -0.15) is 0 Å². The largest absolute Gasteiger partial charge is 0.306 e. The van der Waals surface area contributed by atoms with Gasteiger partial charge in [0.05, 0.1) is 0 Å². The minimum absolute atomic E-state index is 0.835. The van der Waals surface area contributed by atoms with Gasteiger partial charge in [0, 0.05) is 12.1 Å². The van der Waals surface area contributed by atoms with Gasteiger partial charge in [-0.25, -0.2) is 0 Å². The van der Waals surface area contributed by atoms with Crippen molar-refractivity contribution in [1.82, 2.24) is 9.80 Å². The second-order valence-corrected chi connectivity index (χ2v) is 4.50. The first-order chi connectivity index (χ1) is 6.15. The van der Waals surface area contributed by atoms with Gasteiger partial charge in [0.25, 0.3) is 0 Å². The lowest BCUT2D eigenvalue weighted by Crippen LogP contribution is -2.40. The maximum atomic E-state index is 2.49. The topological polar surface area (TPSA) is 6.48 Å². The first-order valence-electron chi connectivity index (χ1n) is 5.51. The molecule has 1 fully saturated rings. The van der Waals surface area contributed by atoms with Crippen LogP contribution in [0.4, 0.5) is 0 Å². The van der Waals surface area contributed by atoms with Crippen LogP contribution in [-0.2, 0) is 0 Å². The van der Waals surface area contributed by atoms with Crippen molar-refractivity contribution in [2.24, 2.45) is 0 Å². The van der Waals surface area contributed by atoms with Crippen molar-refractivity contribution < 1.29 is 0 Å². The van der Waals surface area contributed by atoms with Gasteiger partial charge < -0.3 is 9.80 Å². The molecule has 0 spiro atoms. The van der Waals surface area contributed by atoms with E-state index < -0.39 is 0 Å². The molecule has 0 saturated heterocycles. The number of hydrogen-bond donors (Lipinski definition) is 0. The van der Waals surface area contributed by atoms with Crippen LogP contribution in [0.1, 0.15) is 32.6 Å². The highest BCUT2D eigenvalue weighted by atomic mass is 15.1. The lowest BCUT2D eigenvalue weighted by molar-refractivity contribution is 0.142. The normalized spacial score (nSPS) is 30.0. The summed E-state index contributed by atoms with van der Waals surface area (Å²) in [6.45, 7) is 3.44. The van der Waals surface area contributed by atoms with Crippen molar-refractivity contribution >= 4 is 0 Å². The lowest BCUT2D eigenvalue weighted by Gasteiger charge is -2.36. The molecule has 1 rings (SSSR count). The van der Waals surface area contributed by atoms with E-state index in [4.69, 9.17) is 0 Å². The molecule has 1 aliphatic carbocycles. The van der Waals surface area contributed by atoms with Crippen molar-refractivity contribution in [3.63, 3.8) is 0 Å². The van der Waals surface area contributed by atoms with Crippen LogP contribution in [0.15, 0.2) is 0 Å². The molecule has 1 saturated carbocycles. The van der Waals surface area contributed by atoms with Gasteiger partial charge in [0.1, 0.15) is 0 Å². The number of rotatable bonds is 3. The second kappa shape index (κ2) is 4.97. The highest BCUT2D eigenvalue weighted by Gasteiger charge is 2.23. The minimum Gasteiger partial charge on any atom is -0.306 e. The van der Waals surface area contributed by atoms with E-state index >= 15 is 0 Å². The summed E-state index contributed by atoms with van der Waals surface area (Å²) in [6, 6.07) is 1.68. The summed E-state index contributed by atoms with van der Waals surface area (Å²) in [5.74, 6) is 0. The van der Waals surface area contributed by atoms with E-state index in [1.54, 1.807) is 0 Å². The Morgan fingerprint density at radius 3 is 1.77 bits per heavy atom. The van der Waals surface area contributed by atoms with Gasteiger partial charge in [-0.05, 0) is 53.4 Å². The summed E-state index contributed by atoms with van der Waals surface area (Å²) in [5, 5.41) is 0. The van der Waals surface area contributed by atoms with Gasteiger partial charge in [0.2, 0.25) is 0 Å². The van der Waals surface area contributed by atoms with Crippen LogP contribution in [0.3, 0.4) is 0 Å². The first kappa shape index (κ1) is 11.0. The molecule has 0 aliphatic heterocycles. The Balaban J connectivity index is 2.30. The Morgan fingerprint density at radius 1 is 0.923 bits per heavy atom. The molecule has 0 aromatic heterocycles. The molecule has 0 aromatic rings. The van der Waals surface area contributed by atoms with Crippen LogP contribution in [0.25, 0.3) is 0 Å². The van der Waals surface area contributed by atoms with Gasteiger partial charge in [-0.3, -0.25) is 0 Å². The van der Waals surface area contributed by atoms with Crippen LogP contribution in [-0.4, -0.2) is 49.6 Å². The van der Waals surface area contributed by atoms with Crippen molar-refractivity contribution in [2.75, 3.05) is 27.7 Å². The monoisotopic (exact) mass is 184 g/mol. The fourth-order valence-corrected chi connectivity index (χ4v) is 2.27. The molecule has 0 aromatic carbocycles. The molecule has 1 aliphatic rings. The lowest BCUT2D eigenvalue weighted by atomic mass is 9.90. The molecule has 0 N–H and O–H groups in total. The number of nitrogens with zero attached hydrogens (tertiary/aromatic N) is 2. The summed E-state index contributed by atoms with van der Waals surface area (Å²) in [7, 11) is 6.66. The maximum Gasteiger partial charge on any atom is 0.00932 e. The minimum atomic E-state index is 0.835. The molecular formula is C11H24N2. The van der Waals surface area contributed by atoms with Crippen molar-refractivity contribution in [1.29, 1.82) is 0 Å². The Hall–Kier alpha value is -0.0800. The Labute approximate surface area is 82.9 Å². The maximum absolute atomic E-state index is 2.49. The van der Waals surface area contributed by atoms with Crippen molar-refractivity contribution in [3.05, 3.63) is 0 Å². The highest BCUT2D eigenvalue weighted by Crippen LogP contribution is 2.24. The predicted octanol–water partition coefficient (Wildman–Crippen LogP) is 1.81. The molecule has 0 bridgehead atoms. The quantitative estimate of drug-likeness (QED) is 0.660. The van der Waals surface area contributed by atoms with E-state index in [0.29, 0.717) is 0 Å². The second-order valence-electron chi connectivity index (χ2n) is 4.50. The Morgan fingerprint density at radius 2 is 1.38 bits per heavy atom. The molecule has 0 heterocycles. The van der Waals surface area contributed by atoms with E-state index in [-0.39, 0.29) is 0 Å². The third-order valence-corrected chi connectivity index (χ3v) is 3.52. The van der Waals surface area contributed by atoms with Crippen LogP contribution in [0.5, 0.6) is 0 Å². The molecule has 78 valence electrons. The van der Waals surface area contributed by atoms with E-state index in [0.717, 1.165) is 12.1 Å². The predicted molar refractivity (Wildman–Crippen MR) is 58.0 cm³/mol. The zero-order valence-corrected chi connectivity index (χ0v) is 9.58. The molecule has 13 heavy (non-hydrogen) atoms. The van der Waals surface area contributed by atoms with E-state index in [1.807, 2.05) is 0 Å². The average molecular weight is 184 g/mol. The van der Waals surface area contributed by atoms with Gasteiger partial charge in [-0.15, -0.1) is 0 Å². The van der Waals surface area contributed by atoms with Gasteiger partial charge in [0.15, 0.2) is 0 Å². The summed E-state index contributed by atoms with van der Waals surface area (Å²) in [4.78, 5) is 4.87. The van der Waals surface area contributed by atoms with Crippen LogP contribution in [0.2, 0.25) is 0 Å². The fourth-order valence-electron chi connectivity index (χ4n) is 2.27. The summed E-state index contributed by atoms with van der Waals surface area (Å²) in [6.07, 6.45) is 5.52. The van der Waals surface area contributed by atoms with Crippen LogP contribution >= 0.6 is 0 Å². The third-order valence-electron chi connectivity index (χ3n) is 3.52. The van der Waals surface area contributed by atoms with Crippen LogP contribution < -0.4 is 0 Å². The van der Waals surface area contributed by atoms with Crippen LogP contribution in [0, 0.1) is 0 Å². The molecule has 0 amide bonds. The summed E-state index contributed by atoms with van der Waals surface area (Å²) in [5.41, 5.74) is 0. The van der Waals surface area contributed by atoms with E-state index in [2.05, 4.69) is 37.9 Å². The molecule has 2 heteroatoms. The molecule has 2 nitrogen and oxygen atoms in total. The van der Waals surface area contributed by atoms with Crippen molar-refractivity contribution in [3.8, 4) is 0 Å². The van der Waals surface area contributed by atoms with Crippen molar-refractivity contribution in [2.45, 2.75) is 44.7 Å². The smallest absolute Gasteiger partial charge is 0.00932 e. The molecule has 0 radical (unpaired) electrons. The molecular weight excluding hydrogens is 160 g/mol. The van der Waals surface area contributed by atoms with E-state index in [1.165, 1.54) is 32.2 Å². The standard InChI is InChI=1S/C11H24N2/c1-5-13(4)11-8-6-10(7-9-11)12(2)3/h10-11H,5-9H2,1-4H3/t10-,11-. The first-order valence-corrected chi connectivity index (χ1v) is 5.51.